The van der Waals surface area contributed by atoms with Crippen molar-refractivity contribution in [1.82, 2.24) is 0 Å². The first-order valence-electron chi connectivity index (χ1n) is 5.19. The van der Waals surface area contributed by atoms with Crippen molar-refractivity contribution in [3.8, 4) is 0 Å². The maximum absolute atomic E-state index is 13.5. The zero-order valence-electron chi connectivity index (χ0n) is 9.44. The number of hydrogen-bond acceptors (Lipinski definition) is 3. The van der Waals surface area contributed by atoms with Crippen molar-refractivity contribution in [3.05, 3.63) is 35.6 Å². The maximum Gasteiger partial charge on any atom is 0.310 e. The molecule has 1 aromatic carbocycles. The van der Waals surface area contributed by atoms with Crippen LogP contribution in [0.3, 0.4) is 0 Å². The second-order valence-corrected chi connectivity index (χ2v) is 3.59. The molecule has 4 heteroatoms. The van der Waals surface area contributed by atoms with E-state index >= 15 is 0 Å². The van der Waals surface area contributed by atoms with Crippen LogP contribution in [0, 0.1) is 11.7 Å². The Morgan fingerprint density at radius 1 is 1.50 bits per heavy atom. The van der Waals surface area contributed by atoms with Crippen LogP contribution in [0.4, 0.5) is 4.39 Å². The SMILES string of the molecule is CCC(C(=O)OC)C(N)c1ccccc1F. The van der Waals surface area contributed by atoms with Crippen molar-refractivity contribution in [1.29, 1.82) is 0 Å². The highest BCUT2D eigenvalue weighted by Crippen LogP contribution is 2.25. The summed E-state index contributed by atoms with van der Waals surface area (Å²) in [6, 6.07) is 5.54. The summed E-state index contributed by atoms with van der Waals surface area (Å²) in [5, 5.41) is 0. The number of nitrogens with two attached hydrogens (primary N) is 1. The Morgan fingerprint density at radius 3 is 2.62 bits per heavy atom. The van der Waals surface area contributed by atoms with Gasteiger partial charge in [0.05, 0.1) is 13.0 Å². The first-order chi connectivity index (χ1) is 7.61. The van der Waals surface area contributed by atoms with Crippen LogP contribution in [0.5, 0.6) is 0 Å². The smallest absolute Gasteiger partial charge is 0.310 e. The van der Waals surface area contributed by atoms with Crippen molar-refractivity contribution >= 4 is 5.97 Å². The van der Waals surface area contributed by atoms with Crippen LogP contribution in [-0.4, -0.2) is 13.1 Å². The Morgan fingerprint density at radius 2 is 2.12 bits per heavy atom. The van der Waals surface area contributed by atoms with Gasteiger partial charge in [0, 0.05) is 11.6 Å². The van der Waals surface area contributed by atoms with Crippen LogP contribution in [0.2, 0.25) is 0 Å². The van der Waals surface area contributed by atoms with Crippen molar-refractivity contribution < 1.29 is 13.9 Å². The van der Waals surface area contributed by atoms with Gasteiger partial charge in [0.15, 0.2) is 0 Å². The average Bonchev–Trinajstić information content (AvgIpc) is 2.30. The summed E-state index contributed by atoms with van der Waals surface area (Å²) in [6.45, 7) is 1.82. The molecular weight excluding hydrogens is 209 g/mol. The van der Waals surface area contributed by atoms with Gasteiger partial charge in [-0.25, -0.2) is 4.39 Å². The van der Waals surface area contributed by atoms with E-state index in [1.807, 2.05) is 6.92 Å². The van der Waals surface area contributed by atoms with Crippen LogP contribution in [0.25, 0.3) is 0 Å². The lowest BCUT2D eigenvalue weighted by molar-refractivity contribution is -0.146. The fraction of sp³-hybridized carbons (Fsp3) is 0.417. The van der Waals surface area contributed by atoms with E-state index in [-0.39, 0.29) is 0 Å². The van der Waals surface area contributed by atoms with Crippen molar-refractivity contribution in [2.45, 2.75) is 19.4 Å². The van der Waals surface area contributed by atoms with Crippen LogP contribution in [0.15, 0.2) is 24.3 Å². The third kappa shape index (κ3) is 2.58. The van der Waals surface area contributed by atoms with Gasteiger partial charge in [-0.15, -0.1) is 0 Å². The van der Waals surface area contributed by atoms with E-state index in [1.165, 1.54) is 13.2 Å². The predicted octanol–water partition coefficient (Wildman–Crippen LogP) is 2.02. The summed E-state index contributed by atoms with van der Waals surface area (Å²) in [5.74, 6) is -1.31. The monoisotopic (exact) mass is 225 g/mol. The Kier molecular flexibility index (Phi) is 4.43. The molecule has 1 aromatic rings. The van der Waals surface area contributed by atoms with Gasteiger partial charge < -0.3 is 10.5 Å². The number of hydrogen-bond donors (Lipinski definition) is 1. The van der Waals surface area contributed by atoms with E-state index < -0.39 is 23.7 Å². The molecule has 2 N–H and O–H groups in total. The molecule has 0 saturated carbocycles. The summed E-state index contributed by atoms with van der Waals surface area (Å²) < 4.78 is 18.1. The molecule has 0 radical (unpaired) electrons. The summed E-state index contributed by atoms with van der Waals surface area (Å²) in [5.41, 5.74) is 6.23. The third-order valence-electron chi connectivity index (χ3n) is 2.64. The summed E-state index contributed by atoms with van der Waals surface area (Å²) >= 11 is 0. The number of methoxy groups -OCH3 is 1. The van der Waals surface area contributed by atoms with Crippen molar-refractivity contribution in [2.24, 2.45) is 11.7 Å². The third-order valence-corrected chi connectivity index (χ3v) is 2.64. The molecule has 0 heterocycles. The molecule has 0 spiro atoms. The van der Waals surface area contributed by atoms with E-state index in [0.717, 1.165) is 0 Å². The van der Waals surface area contributed by atoms with Gasteiger partial charge in [0.1, 0.15) is 5.82 Å². The molecule has 0 fully saturated rings. The molecule has 88 valence electrons. The molecule has 16 heavy (non-hydrogen) atoms. The summed E-state index contributed by atoms with van der Waals surface area (Å²) in [4.78, 5) is 11.4. The molecule has 0 saturated heterocycles. The van der Waals surface area contributed by atoms with Crippen molar-refractivity contribution in [2.75, 3.05) is 7.11 Å². The first-order valence-corrected chi connectivity index (χ1v) is 5.19. The Balaban J connectivity index is 2.95. The van der Waals surface area contributed by atoms with E-state index in [1.54, 1.807) is 18.2 Å². The van der Waals surface area contributed by atoms with Gasteiger partial charge in [-0.05, 0) is 12.5 Å². The molecule has 2 unspecified atom stereocenters. The number of rotatable bonds is 4. The second-order valence-electron chi connectivity index (χ2n) is 3.59. The highest BCUT2D eigenvalue weighted by molar-refractivity contribution is 5.73. The molecule has 0 bridgehead atoms. The number of ether oxygens (including phenoxy) is 1. The number of halogens is 1. The maximum atomic E-state index is 13.5. The molecular formula is C12H16FNO2. The van der Waals surface area contributed by atoms with Crippen LogP contribution >= 0.6 is 0 Å². The lowest BCUT2D eigenvalue weighted by atomic mass is 9.91. The van der Waals surface area contributed by atoms with Gasteiger partial charge in [-0.1, -0.05) is 25.1 Å². The standard InChI is InChI=1S/C12H16FNO2/c1-3-8(12(15)16-2)11(14)9-6-4-5-7-10(9)13/h4-8,11H,3,14H2,1-2H3. The van der Waals surface area contributed by atoms with Crippen LogP contribution in [0.1, 0.15) is 24.9 Å². The molecule has 1 rings (SSSR count). The predicted molar refractivity (Wildman–Crippen MR) is 59.1 cm³/mol. The molecule has 2 atom stereocenters. The highest BCUT2D eigenvalue weighted by Gasteiger charge is 2.27. The molecule has 0 aromatic heterocycles. The Labute approximate surface area is 94.4 Å². The molecule has 3 nitrogen and oxygen atoms in total. The zero-order valence-corrected chi connectivity index (χ0v) is 9.44. The van der Waals surface area contributed by atoms with Crippen LogP contribution < -0.4 is 5.73 Å². The minimum Gasteiger partial charge on any atom is -0.469 e. The number of esters is 1. The average molecular weight is 225 g/mol. The number of benzene rings is 1. The van der Waals surface area contributed by atoms with Crippen molar-refractivity contribution in [3.63, 3.8) is 0 Å². The molecule has 0 aliphatic carbocycles. The van der Waals surface area contributed by atoms with Gasteiger partial charge in [-0.2, -0.15) is 0 Å². The normalized spacial score (nSPS) is 14.2. The van der Waals surface area contributed by atoms with E-state index in [2.05, 4.69) is 4.74 Å². The molecule has 0 aliphatic heterocycles. The Bertz CT molecular complexity index is 368. The second kappa shape index (κ2) is 5.61. The van der Waals surface area contributed by atoms with Gasteiger partial charge >= 0.3 is 5.97 Å². The lowest BCUT2D eigenvalue weighted by Gasteiger charge is -2.20. The minimum atomic E-state index is -0.668. The minimum absolute atomic E-state index is 0.347. The van der Waals surface area contributed by atoms with Gasteiger partial charge in [0.2, 0.25) is 0 Å². The van der Waals surface area contributed by atoms with E-state index in [4.69, 9.17) is 5.73 Å². The fourth-order valence-electron chi connectivity index (χ4n) is 1.68. The number of carbonyl (C=O) groups is 1. The quantitative estimate of drug-likeness (QED) is 0.797. The van der Waals surface area contributed by atoms with Gasteiger partial charge in [-0.3, -0.25) is 4.79 Å². The Hall–Kier alpha value is -1.42. The van der Waals surface area contributed by atoms with Gasteiger partial charge in [0.25, 0.3) is 0 Å². The van der Waals surface area contributed by atoms with E-state index in [9.17, 15) is 9.18 Å². The summed E-state index contributed by atoms with van der Waals surface area (Å²) in [6.07, 6.45) is 0.516. The zero-order chi connectivity index (χ0) is 12.1. The topological polar surface area (TPSA) is 52.3 Å². The fourth-order valence-corrected chi connectivity index (χ4v) is 1.68. The molecule has 0 aliphatic rings. The van der Waals surface area contributed by atoms with Crippen LogP contribution in [-0.2, 0) is 9.53 Å². The molecule has 0 amide bonds. The highest BCUT2D eigenvalue weighted by atomic mass is 19.1. The number of carbonyl (C=O) groups excluding carboxylic acids is 1. The summed E-state index contributed by atoms with van der Waals surface area (Å²) in [7, 11) is 1.30. The first kappa shape index (κ1) is 12.6. The van der Waals surface area contributed by atoms with E-state index in [0.29, 0.717) is 12.0 Å². The largest absolute Gasteiger partial charge is 0.469 e. The lowest BCUT2D eigenvalue weighted by Crippen LogP contribution is -2.29.